The molecule has 0 bridgehead atoms. The van der Waals surface area contributed by atoms with E-state index < -0.39 is 0 Å². The lowest BCUT2D eigenvalue weighted by molar-refractivity contribution is 0.0922. The van der Waals surface area contributed by atoms with Crippen LogP contribution < -0.4 is 5.32 Å². The van der Waals surface area contributed by atoms with Gasteiger partial charge in [0, 0.05) is 23.2 Å². The lowest BCUT2D eigenvalue weighted by Crippen LogP contribution is -2.32. The number of aryl methyl sites for hydroxylation is 2. The molecule has 28 heavy (non-hydrogen) atoms. The number of carbonyl (C=O) groups is 1. The zero-order chi connectivity index (χ0) is 19.1. The molecule has 2 aliphatic rings. The third kappa shape index (κ3) is 2.84. The summed E-state index contributed by atoms with van der Waals surface area (Å²) < 4.78 is 7.44. The van der Waals surface area contributed by atoms with Gasteiger partial charge in [-0.3, -0.25) is 4.79 Å². The van der Waals surface area contributed by atoms with Crippen LogP contribution in [-0.2, 0) is 19.3 Å². The Morgan fingerprint density at radius 2 is 2.04 bits per heavy atom. The molecule has 0 fully saturated rings. The van der Waals surface area contributed by atoms with Crippen molar-refractivity contribution in [2.75, 3.05) is 0 Å². The van der Waals surface area contributed by atoms with Crippen molar-refractivity contribution in [2.45, 2.75) is 57.9 Å². The van der Waals surface area contributed by atoms with E-state index in [1.54, 1.807) is 0 Å². The minimum absolute atomic E-state index is 0.0371. The third-order valence-corrected chi connectivity index (χ3v) is 6.00. The highest BCUT2D eigenvalue weighted by molar-refractivity contribution is 5.94. The van der Waals surface area contributed by atoms with Gasteiger partial charge in [-0.05, 0) is 57.1 Å². The summed E-state index contributed by atoms with van der Waals surface area (Å²) in [6.45, 7) is 2.10. The largest absolute Gasteiger partial charge is 0.360 e. The maximum Gasteiger partial charge on any atom is 0.274 e. The van der Waals surface area contributed by atoms with E-state index in [4.69, 9.17) is 4.52 Å². The van der Waals surface area contributed by atoms with Crippen LogP contribution in [0.4, 0.5) is 0 Å². The standard InChI is InChI=1S/C22H24N4O2/c1-14-7-2-4-10-18(14)26-19-11-6-9-17(16(19)13-23-26)24-22(27)21-15-8-3-5-12-20(15)28-25-21/h2,4,7,10,13,17H,3,5-6,8-9,11-12H2,1H3,(H,24,27)/t17-/m1/s1. The summed E-state index contributed by atoms with van der Waals surface area (Å²) >= 11 is 0. The SMILES string of the molecule is Cc1ccccc1-n1ncc2c1CCC[C@H]2NC(=O)c1noc2c1CCCC2. The van der Waals surface area contributed by atoms with Gasteiger partial charge in [0.1, 0.15) is 5.76 Å². The summed E-state index contributed by atoms with van der Waals surface area (Å²) in [5.41, 5.74) is 6.05. The van der Waals surface area contributed by atoms with E-state index in [9.17, 15) is 4.79 Å². The quantitative estimate of drug-likeness (QED) is 0.753. The number of nitrogens with zero attached hydrogens (tertiary/aromatic N) is 3. The molecule has 2 heterocycles. The Kier molecular flexibility index (Phi) is 4.26. The summed E-state index contributed by atoms with van der Waals surface area (Å²) in [7, 11) is 0. The lowest BCUT2D eigenvalue weighted by atomic mass is 9.92. The molecular formula is C22H24N4O2. The molecule has 144 valence electrons. The number of carbonyl (C=O) groups excluding carboxylic acids is 1. The van der Waals surface area contributed by atoms with Crippen LogP contribution in [-0.4, -0.2) is 20.8 Å². The third-order valence-electron chi connectivity index (χ3n) is 6.00. The minimum atomic E-state index is -0.131. The number of aromatic nitrogens is 3. The topological polar surface area (TPSA) is 73.0 Å². The summed E-state index contributed by atoms with van der Waals surface area (Å²) in [5.74, 6) is 0.751. The van der Waals surface area contributed by atoms with Crippen molar-refractivity contribution >= 4 is 5.91 Å². The zero-order valence-corrected chi connectivity index (χ0v) is 16.1. The van der Waals surface area contributed by atoms with Crippen LogP contribution in [0, 0.1) is 6.92 Å². The smallest absolute Gasteiger partial charge is 0.274 e. The molecule has 0 aliphatic heterocycles. The minimum Gasteiger partial charge on any atom is -0.360 e. The first-order valence-electron chi connectivity index (χ1n) is 10.1. The van der Waals surface area contributed by atoms with Crippen molar-refractivity contribution in [2.24, 2.45) is 0 Å². The van der Waals surface area contributed by atoms with Gasteiger partial charge in [0.2, 0.25) is 0 Å². The van der Waals surface area contributed by atoms with Gasteiger partial charge in [-0.25, -0.2) is 4.68 Å². The van der Waals surface area contributed by atoms with E-state index in [0.29, 0.717) is 5.69 Å². The molecular weight excluding hydrogens is 352 g/mol. The van der Waals surface area contributed by atoms with Crippen molar-refractivity contribution in [3.63, 3.8) is 0 Å². The van der Waals surface area contributed by atoms with Crippen molar-refractivity contribution in [1.29, 1.82) is 0 Å². The van der Waals surface area contributed by atoms with Gasteiger partial charge >= 0.3 is 0 Å². The molecule has 0 spiro atoms. The Morgan fingerprint density at radius 3 is 2.93 bits per heavy atom. The van der Waals surface area contributed by atoms with E-state index in [1.165, 1.54) is 11.3 Å². The zero-order valence-electron chi connectivity index (χ0n) is 16.1. The van der Waals surface area contributed by atoms with E-state index in [2.05, 4.69) is 34.6 Å². The molecule has 1 atom stereocenters. The number of nitrogens with one attached hydrogen (secondary N) is 1. The second kappa shape index (κ2) is 6.93. The number of para-hydroxylation sites is 1. The molecule has 2 aromatic heterocycles. The maximum absolute atomic E-state index is 12.9. The lowest BCUT2D eigenvalue weighted by Gasteiger charge is -2.24. The van der Waals surface area contributed by atoms with Crippen molar-refractivity contribution in [3.05, 3.63) is 64.3 Å². The van der Waals surface area contributed by atoms with Crippen LogP contribution >= 0.6 is 0 Å². The predicted molar refractivity (Wildman–Crippen MR) is 105 cm³/mol. The van der Waals surface area contributed by atoms with Crippen LogP contribution in [0.3, 0.4) is 0 Å². The second-order valence-electron chi connectivity index (χ2n) is 7.80. The fraction of sp³-hybridized carbons (Fsp3) is 0.409. The Balaban J connectivity index is 1.42. The van der Waals surface area contributed by atoms with Gasteiger partial charge in [-0.2, -0.15) is 5.10 Å². The molecule has 0 unspecified atom stereocenters. The highest BCUT2D eigenvalue weighted by Crippen LogP contribution is 2.32. The molecule has 0 radical (unpaired) electrons. The van der Waals surface area contributed by atoms with Gasteiger partial charge in [-0.15, -0.1) is 0 Å². The first kappa shape index (κ1) is 17.2. The second-order valence-corrected chi connectivity index (χ2v) is 7.80. The Morgan fingerprint density at radius 1 is 1.18 bits per heavy atom. The summed E-state index contributed by atoms with van der Waals surface area (Å²) in [6.07, 6.45) is 8.76. The Bertz CT molecular complexity index is 1030. The highest BCUT2D eigenvalue weighted by atomic mass is 16.5. The number of fused-ring (bicyclic) bond motifs is 2. The molecule has 1 amide bonds. The van der Waals surface area contributed by atoms with E-state index in [1.807, 2.05) is 23.0 Å². The Hall–Kier alpha value is -2.89. The molecule has 1 aromatic carbocycles. The van der Waals surface area contributed by atoms with Crippen molar-refractivity contribution in [1.82, 2.24) is 20.3 Å². The molecule has 6 heteroatoms. The van der Waals surface area contributed by atoms with Gasteiger partial charge in [0.15, 0.2) is 5.69 Å². The highest BCUT2D eigenvalue weighted by Gasteiger charge is 2.29. The molecule has 3 aromatic rings. The van der Waals surface area contributed by atoms with Gasteiger partial charge < -0.3 is 9.84 Å². The average molecular weight is 376 g/mol. The maximum atomic E-state index is 12.9. The predicted octanol–water partition coefficient (Wildman–Crippen LogP) is 3.85. The molecule has 2 aliphatic carbocycles. The van der Waals surface area contributed by atoms with E-state index in [-0.39, 0.29) is 11.9 Å². The molecule has 6 nitrogen and oxygen atoms in total. The molecule has 0 saturated carbocycles. The molecule has 1 N–H and O–H groups in total. The Labute approximate surface area is 163 Å². The van der Waals surface area contributed by atoms with Crippen LogP contribution in [0.25, 0.3) is 5.69 Å². The fourth-order valence-electron chi connectivity index (χ4n) is 4.51. The van der Waals surface area contributed by atoms with Crippen LogP contribution in [0.2, 0.25) is 0 Å². The van der Waals surface area contributed by atoms with E-state index in [0.717, 1.165) is 67.5 Å². The van der Waals surface area contributed by atoms with Gasteiger partial charge in [0.05, 0.1) is 17.9 Å². The normalized spacial score (nSPS) is 18.4. The summed E-state index contributed by atoms with van der Waals surface area (Å²) in [6, 6.07) is 8.22. The van der Waals surface area contributed by atoms with Crippen molar-refractivity contribution in [3.8, 4) is 5.69 Å². The monoisotopic (exact) mass is 376 g/mol. The van der Waals surface area contributed by atoms with E-state index >= 15 is 0 Å². The first-order valence-corrected chi connectivity index (χ1v) is 10.1. The van der Waals surface area contributed by atoms with Gasteiger partial charge in [-0.1, -0.05) is 23.4 Å². The summed E-state index contributed by atoms with van der Waals surface area (Å²) in [5, 5.41) is 11.9. The van der Waals surface area contributed by atoms with Crippen molar-refractivity contribution < 1.29 is 9.32 Å². The van der Waals surface area contributed by atoms with Crippen LogP contribution in [0.1, 0.15) is 70.4 Å². The fourth-order valence-corrected chi connectivity index (χ4v) is 4.51. The van der Waals surface area contributed by atoms with Gasteiger partial charge in [0.25, 0.3) is 5.91 Å². The number of amides is 1. The number of rotatable bonds is 3. The van der Waals surface area contributed by atoms with Crippen LogP contribution in [0.5, 0.6) is 0 Å². The number of hydrogen-bond acceptors (Lipinski definition) is 4. The summed E-state index contributed by atoms with van der Waals surface area (Å²) in [4.78, 5) is 12.9. The first-order chi connectivity index (χ1) is 13.7. The molecule has 5 rings (SSSR count). The number of benzene rings is 1. The van der Waals surface area contributed by atoms with Crippen LogP contribution in [0.15, 0.2) is 35.0 Å². The molecule has 0 saturated heterocycles. The average Bonchev–Trinajstić information content (AvgIpc) is 3.33. The number of hydrogen-bond donors (Lipinski definition) is 1.